The summed E-state index contributed by atoms with van der Waals surface area (Å²) in [5.41, 5.74) is 3.96. The number of nitrogens with one attached hydrogen (secondary N) is 1. The molecule has 0 aliphatic rings. The van der Waals surface area contributed by atoms with Gasteiger partial charge in [-0.15, -0.1) is 0 Å². The minimum Gasteiger partial charge on any atom is -0.478 e. The van der Waals surface area contributed by atoms with Gasteiger partial charge in [0.25, 0.3) is 0 Å². The van der Waals surface area contributed by atoms with Crippen molar-refractivity contribution >= 4 is 18.1 Å². The van der Waals surface area contributed by atoms with Crippen molar-refractivity contribution in [3.05, 3.63) is 53.9 Å². The highest BCUT2D eigenvalue weighted by Crippen LogP contribution is 2.13. The Balaban J connectivity index is 2.32. The number of carbonyl (C=O) groups excluding carboxylic acids is 1. The minimum absolute atomic E-state index is 0.209. The number of hydrogen-bond acceptors (Lipinski definition) is 3. The molecule has 0 radical (unpaired) electrons. The molecule has 0 unspecified atom stereocenters. The maximum atomic E-state index is 11.0. The first kappa shape index (κ1) is 13.5. The smallest absolute Gasteiger partial charge is 0.335 e. The summed E-state index contributed by atoms with van der Waals surface area (Å²) < 4.78 is 1.78. The van der Waals surface area contributed by atoms with Crippen molar-refractivity contribution < 1.29 is 14.7 Å². The van der Waals surface area contributed by atoms with Gasteiger partial charge in [-0.2, -0.15) is 5.10 Å². The molecular weight excluding hydrogens is 258 g/mol. The van der Waals surface area contributed by atoms with Crippen LogP contribution in [0, 0.1) is 0 Å². The van der Waals surface area contributed by atoms with Gasteiger partial charge < -0.3 is 9.67 Å². The summed E-state index contributed by atoms with van der Waals surface area (Å²) in [6, 6.07) is 10.2. The van der Waals surface area contributed by atoms with Crippen molar-refractivity contribution in [3.63, 3.8) is 0 Å². The van der Waals surface area contributed by atoms with E-state index >= 15 is 0 Å². The summed E-state index contributed by atoms with van der Waals surface area (Å²) in [5.74, 6) is -1.24. The Hall–Kier alpha value is -2.89. The first-order valence-corrected chi connectivity index (χ1v) is 5.88. The number of benzene rings is 1. The number of carboxylic acids is 1. The number of aromatic nitrogens is 1. The molecule has 1 aromatic carbocycles. The van der Waals surface area contributed by atoms with Crippen LogP contribution in [0.4, 0.5) is 0 Å². The van der Waals surface area contributed by atoms with Gasteiger partial charge >= 0.3 is 5.97 Å². The van der Waals surface area contributed by atoms with Crippen LogP contribution in [-0.4, -0.2) is 27.8 Å². The quantitative estimate of drug-likeness (QED) is 0.655. The van der Waals surface area contributed by atoms with E-state index in [4.69, 9.17) is 5.11 Å². The highest BCUT2D eigenvalue weighted by Gasteiger charge is 2.06. The van der Waals surface area contributed by atoms with E-state index in [0.29, 0.717) is 5.69 Å². The minimum atomic E-state index is -0.979. The molecule has 0 spiro atoms. The molecule has 0 fully saturated rings. The van der Waals surface area contributed by atoms with E-state index in [9.17, 15) is 9.59 Å². The highest BCUT2D eigenvalue weighted by molar-refractivity contribution is 5.88. The molecule has 6 heteroatoms. The van der Waals surface area contributed by atoms with Crippen molar-refractivity contribution in [1.29, 1.82) is 0 Å². The second kappa shape index (κ2) is 5.83. The molecule has 0 aliphatic heterocycles. The first-order valence-electron chi connectivity index (χ1n) is 5.88. The van der Waals surface area contributed by atoms with Gasteiger partial charge in [0.15, 0.2) is 0 Å². The normalized spacial score (nSPS) is 10.7. The molecule has 0 bridgehead atoms. The number of rotatable bonds is 4. The fourth-order valence-corrected chi connectivity index (χ4v) is 1.71. The number of hydrogen-bond donors (Lipinski definition) is 2. The van der Waals surface area contributed by atoms with E-state index < -0.39 is 5.97 Å². The van der Waals surface area contributed by atoms with Gasteiger partial charge in [0.05, 0.1) is 17.5 Å². The zero-order valence-corrected chi connectivity index (χ0v) is 10.8. The largest absolute Gasteiger partial charge is 0.478 e. The van der Waals surface area contributed by atoms with Gasteiger partial charge in [-0.1, -0.05) is 6.07 Å². The second-order valence-corrected chi connectivity index (χ2v) is 4.08. The van der Waals surface area contributed by atoms with Gasteiger partial charge in [-0.3, -0.25) is 4.79 Å². The number of hydrazone groups is 1. The lowest BCUT2D eigenvalue weighted by Crippen LogP contribution is -2.12. The summed E-state index contributed by atoms with van der Waals surface area (Å²) >= 11 is 0. The van der Waals surface area contributed by atoms with Crippen LogP contribution in [0.2, 0.25) is 0 Å². The molecule has 20 heavy (non-hydrogen) atoms. The zero-order valence-electron chi connectivity index (χ0n) is 10.8. The molecule has 0 saturated carbocycles. The lowest BCUT2D eigenvalue weighted by molar-refractivity contribution is -0.118. The number of nitrogens with zero attached hydrogens (tertiary/aromatic N) is 2. The van der Waals surface area contributed by atoms with Crippen LogP contribution in [0.15, 0.2) is 47.7 Å². The fourth-order valence-electron chi connectivity index (χ4n) is 1.71. The molecule has 6 nitrogen and oxygen atoms in total. The number of amides is 1. The molecule has 0 saturated heterocycles. The van der Waals surface area contributed by atoms with E-state index in [0.717, 1.165) is 5.69 Å². The van der Waals surface area contributed by atoms with Crippen LogP contribution < -0.4 is 5.43 Å². The molecule has 0 atom stereocenters. The average molecular weight is 271 g/mol. The first-order chi connectivity index (χ1) is 9.58. The molecule has 2 aromatic rings. The van der Waals surface area contributed by atoms with Gasteiger partial charge in [0.2, 0.25) is 5.91 Å². The fraction of sp³-hybridized carbons (Fsp3) is 0.0714. The van der Waals surface area contributed by atoms with E-state index in [-0.39, 0.29) is 11.5 Å². The summed E-state index contributed by atoms with van der Waals surface area (Å²) in [6.07, 6.45) is 3.28. The van der Waals surface area contributed by atoms with Crippen LogP contribution >= 0.6 is 0 Å². The van der Waals surface area contributed by atoms with Crippen molar-refractivity contribution in [2.45, 2.75) is 6.92 Å². The molecule has 1 aromatic heterocycles. The number of carboxylic acid groups (broad SMARTS) is 1. The van der Waals surface area contributed by atoms with Crippen molar-refractivity contribution in [1.82, 2.24) is 9.99 Å². The summed E-state index contributed by atoms with van der Waals surface area (Å²) in [7, 11) is 0. The topological polar surface area (TPSA) is 83.7 Å². The van der Waals surface area contributed by atoms with Crippen LogP contribution in [0.3, 0.4) is 0 Å². The Kier molecular flexibility index (Phi) is 3.95. The Morgan fingerprint density at radius 1 is 1.30 bits per heavy atom. The number of carbonyl (C=O) groups is 2. The van der Waals surface area contributed by atoms with E-state index in [1.54, 1.807) is 35.0 Å². The maximum absolute atomic E-state index is 11.0. The predicted molar refractivity (Wildman–Crippen MR) is 74.1 cm³/mol. The van der Waals surface area contributed by atoms with Gasteiger partial charge in [-0.25, -0.2) is 10.2 Å². The monoisotopic (exact) mass is 271 g/mol. The molecule has 1 heterocycles. The van der Waals surface area contributed by atoms with Crippen molar-refractivity contribution in [2.75, 3.05) is 0 Å². The van der Waals surface area contributed by atoms with Crippen LogP contribution in [0.1, 0.15) is 23.0 Å². The summed E-state index contributed by atoms with van der Waals surface area (Å²) in [6.45, 7) is 1.37. The van der Waals surface area contributed by atoms with E-state index in [1.165, 1.54) is 19.2 Å². The van der Waals surface area contributed by atoms with Crippen molar-refractivity contribution in [3.8, 4) is 5.69 Å². The van der Waals surface area contributed by atoms with Crippen molar-refractivity contribution in [2.24, 2.45) is 5.10 Å². The number of aromatic carboxylic acids is 1. The molecule has 2 N–H and O–H groups in total. The van der Waals surface area contributed by atoms with Gasteiger partial charge in [0.1, 0.15) is 0 Å². The zero-order chi connectivity index (χ0) is 14.5. The second-order valence-electron chi connectivity index (χ2n) is 4.08. The summed E-state index contributed by atoms with van der Waals surface area (Å²) in [5, 5.41) is 12.8. The lowest BCUT2D eigenvalue weighted by atomic mass is 10.2. The average Bonchev–Trinajstić information content (AvgIpc) is 2.87. The van der Waals surface area contributed by atoms with E-state index in [2.05, 4.69) is 10.5 Å². The Morgan fingerprint density at radius 3 is 2.80 bits per heavy atom. The molecule has 2 rings (SSSR count). The third-order valence-corrected chi connectivity index (χ3v) is 2.57. The standard InChI is InChI=1S/C14H13N3O3/c1-10(18)16-15-9-13-6-3-7-17(13)12-5-2-4-11(8-12)14(19)20/h2-9H,1H3,(H,16,18)(H,19,20)/b15-9-. The molecule has 1 amide bonds. The third-order valence-electron chi connectivity index (χ3n) is 2.57. The van der Waals surface area contributed by atoms with Crippen LogP contribution in [-0.2, 0) is 4.79 Å². The summed E-state index contributed by atoms with van der Waals surface area (Å²) in [4.78, 5) is 21.7. The van der Waals surface area contributed by atoms with E-state index in [1.807, 2.05) is 6.07 Å². The Labute approximate surface area is 115 Å². The molecular formula is C14H13N3O3. The third kappa shape index (κ3) is 3.11. The van der Waals surface area contributed by atoms with Gasteiger partial charge in [0, 0.05) is 18.8 Å². The van der Waals surface area contributed by atoms with Gasteiger partial charge in [-0.05, 0) is 30.3 Å². The molecule has 102 valence electrons. The predicted octanol–water partition coefficient (Wildman–Crippen LogP) is 1.65. The highest BCUT2D eigenvalue weighted by atomic mass is 16.4. The Bertz CT molecular complexity index is 674. The lowest BCUT2D eigenvalue weighted by Gasteiger charge is -2.07. The maximum Gasteiger partial charge on any atom is 0.335 e. The van der Waals surface area contributed by atoms with Crippen LogP contribution in [0.25, 0.3) is 5.69 Å². The SMILES string of the molecule is CC(=O)N/N=C\c1cccn1-c1cccc(C(=O)O)c1. The van der Waals surface area contributed by atoms with Crippen LogP contribution in [0.5, 0.6) is 0 Å². The molecule has 0 aliphatic carbocycles. The Morgan fingerprint density at radius 2 is 2.10 bits per heavy atom.